The Hall–Kier alpha value is -4.07. The lowest BCUT2D eigenvalue weighted by molar-refractivity contribution is -0.124. The molecule has 0 saturated carbocycles. The number of H-pyrrole nitrogens is 1. The lowest BCUT2D eigenvalue weighted by Gasteiger charge is -2.30. The van der Waals surface area contributed by atoms with E-state index < -0.39 is 17.5 Å². The molecular weight excluding hydrogens is 396 g/mol. The number of methoxy groups -OCH3 is 1. The Balaban J connectivity index is 1.50. The molecule has 1 aromatic heterocycles. The minimum atomic E-state index is -1.41. The quantitative estimate of drug-likeness (QED) is 0.556. The number of nitrogens with one attached hydrogen (secondary N) is 3. The predicted molar refractivity (Wildman–Crippen MR) is 112 cm³/mol. The normalized spacial score (nSPS) is 19.9. The van der Waals surface area contributed by atoms with Crippen LogP contribution in [-0.2, 0) is 16.9 Å². The van der Waals surface area contributed by atoms with E-state index in [9.17, 15) is 14.4 Å². The minimum Gasteiger partial charge on any atom is -0.497 e. The van der Waals surface area contributed by atoms with Gasteiger partial charge in [-0.1, -0.05) is 30.3 Å². The van der Waals surface area contributed by atoms with Crippen LogP contribution >= 0.6 is 0 Å². The molecule has 0 aliphatic carbocycles. The summed E-state index contributed by atoms with van der Waals surface area (Å²) in [6, 6.07) is 18.0. The van der Waals surface area contributed by atoms with Gasteiger partial charge in [0, 0.05) is 17.8 Å². The molecule has 1 fully saturated rings. The molecule has 4 amide bonds. The van der Waals surface area contributed by atoms with E-state index in [0.29, 0.717) is 23.6 Å². The van der Waals surface area contributed by atoms with E-state index in [1.54, 1.807) is 30.2 Å². The number of benzene rings is 2. The second kappa shape index (κ2) is 7.02. The lowest BCUT2D eigenvalue weighted by Crippen LogP contribution is -2.53. The van der Waals surface area contributed by atoms with Gasteiger partial charge in [0.05, 0.1) is 19.3 Å². The first-order valence-corrected chi connectivity index (χ1v) is 9.85. The summed E-state index contributed by atoms with van der Waals surface area (Å²) in [5.74, 6) is -0.0342. The molecule has 1 atom stereocenters. The summed E-state index contributed by atoms with van der Waals surface area (Å²) in [5.41, 5.74) is 2.25. The number of hydrogen-bond donors (Lipinski definition) is 3. The molecular formula is C23H20N4O4. The maximum Gasteiger partial charge on any atom is 0.322 e. The van der Waals surface area contributed by atoms with Gasteiger partial charge < -0.3 is 19.9 Å². The van der Waals surface area contributed by atoms with Crippen LogP contribution in [0.5, 0.6) is 5.75 Å². The zero-order valence-electron chi connectivity index (χ0n) is 16.8. The summed E-state index contributed by atoms with van der Waals surface area (Å²) >= 11 is 0. The molecule has 2 aliphatic rings. The SMILES string of the molecule is COc1ccc2c(c1)CN(CC1(c3ccc(-c4ccccc4)[nH]3)NC(=O)NC1=O)C2=O. The fraction of sp³-hybridized carbons (Fsp3) is 0.174. The number of urea groups is 1. The van der Waals surface area contributed by atoms with E-state index in [4.69, 9.17) is 4.74 Å². The molecule has 8 nitrogen and oxygen atoms in total. The smallest absolute Gasteiger partial charge is 0.322 e. The molecule has 2 aromatic carbocycles. The van der Waals surface area contributed by atoms with E-state index in [1.165, 1.54) is 0 Å². The van der Waals surface area contributed by atoms with Crippen molar-refractivity contribution in [1.82, 2.24) is 20.5 Å². The summed E-state index contributed by atoms with van der Waals surface area (Å²) in [4.78, 5) is 42.9. The molecule has 2 aliphatic heterocycles. The first kappa shape index (κ1) is 18.9. The van der Waals surface area contributed by atoms with Crippen LogP contribution in [0.4, 0.5) is 4.79 Å². The van der Waals surface area contributed by atoms with Crippen molar-refractivity contribution < 1.29 is 19.1 Å². The Bertz CT molecular complexity index is 1200. The van der Waals surface area contributed by atoms with E-state index in [1.807, 2.05) is 42.5 Å². The number of carbonyl (C=O) groups excluding carboxylic acids is 3. The molecule has 1 unspecified atom stereocenters. The highest BCUT2D eigenvalue weighted by atomic mass is 16.5. The van der Waals surface area contributed by atoms with E-state index in [2.05, 4.69) is 15.6 Å². The third kappa shape index (κ3) is 3.04. The molecule has 1 saturated heterocycles. The largest absolute Gasteiger partial charge is 0.497 e. The van der Waals surface area contributed by atoms with Crippen LogP contribution in [0.2, 0.25) is 0 Å². The maximum absolute atomic E-state index is 13.0. The Kier molecular flexibility index (Phi) is 4.28. The summed E-state index contributed by atoms with van der Waals surface area (Å²) in [7, 11) is 1.57. The number of nitrogens with zero attached hydrogens (tertiary/aromatic N) is 1. The summed E-state index contributed by atoms with van der Waals surface area (Å²) in [6.45, 7) is 0.317. The number of carbonyl (C=O) groups is 3. The second-order valence-corrected chi connectivity index (χ2v) is 7.65. The monoisotopic (exact) mass is 416 g/mol. The van der Waals surface area contributed by atoms with Gasteiger partial charge in [-0.15, -0.1) is 0 Å². The summed E-state index contributed by atoms with van der Waals surface area (Å²) in [5, 5.41) is 5.06. The van der Waals surface area contributed by atoms with Crippen molar-refractivity contribution in [3.8, 4) is 17.0 Å². The average molecular weight is 416 g/mol. The van der Waals surface area contributed by atoms with E-state index in [-0.39, 0.29) is 12.5 Å². The molecule has 156 valence electrons. The zero-order valence-corrected chi connectivity index (χ0v) is 16.8. The van der Waals surface area contributed by atoms with Crippen molar-refractivity contribution in [2.75, 3.05) is 13.7 Å². The van der Waals surface area contributed by atoms with Gasteiger partial charge in [-0.05, 0) is 41.5 Å². The second-order valence-electron chi connectivity index (χ2n) is 7.65. The molecule has 0 spiro atoms. The number of imide groups is 1. The first-order chi connectivity index (χ1) is 15.0. The Labute approximate surface area is 178 Å². The third-order valence-corrected chi connectivity index (χ3v) is 5.79. The van der Waals surface area contributed by atoms with E-state index >= 15 is 0 Å². The van der Waals surface area contributed by atoms with Crippen molar-refractivity contribution in [1.29, 1.82) is 0 Å². The average Bonchev–Trinajstić information content (AvgIpc) is 3.46. The molecule has 0 radical (unpaired) electrons. The highest BCUT2D eigenvalue weighted by Gasteiger charge is 2.51. The number of amides is 4. The number of ether oxygens (including phenoxy) is 1. The molecule has 0 bridgehead atoms. The van der Waals surface area contributed by atoms with Gasteiger partial charge in [0.1, 0.15) is 5.75 Å². The van der Waals surface area contributed by atoms with Crippen LogP contribution in [0, 0.1) is 0 Å². The Morgan fingerprint density at radius 1 is 1.03 bits per heavy atom. The first-order valence-electron chi connectivity index (χ1n) is 9.85. The molecule has 8 heteroatoms. The summed E-state index contributed by atoms with van der Waals surface area (Å²) < 4.78 is 5.25. The fourth-order valence-electron chi connectivity index (χ4n) is 4.21. The van der Waals surface area contributed by atoms with Crippen LogP contribution in [0.15, 0.2) is 60.7 Å². The Morgan fingerprint density at radius 2 is 1.84 bits per heavy atom. The topological polar surface area (TPSA) is 104 Å². The number of hydrogen-bond acceptors (Lipinski definition) is 4. The predicted octanol–water partition coefficient (Wildman–Crippen LogP) is 2.38. The zero-order chi connectivity index (χ0) is 21.6. The third-order valence-electron chi connectivity index (χ3n) is 5.79. The lowest BCUT2D eigenvalue weighted by atomic mass is 9.94. The van der Waals surface area contributed by atoms with Crippen LogP contribution in [-0.4, -0.2) is 41.4 Å². The number of aromatic nitrogens is 1. The van der Waals surface area contributed by atoms with Gasteiger partial charge in [0.25, 0.3) is 11.8 Å². The number of rotatable bonds is 5. The molecule has 3 heterocycles. The molecule has 3 N–H and O–H groups in total. The standard InChI is InChI=1S/C23H20N4O4/c1-31-16-7-8-17-15(11-16)12-27(20(17)28)13-23(21(29)25-22(30)26-23)19-10-9-18(24-19)14-5-3-2-4-6-14/h2-11,24H,12-13H2,1H3,(H2,25,26,29,30). The minimum absolute atomic E-state index is 0.00482. The van der Waals surface area contributed by atoms with Crippen molar-refractivity contribution in [3.05, 3.63) is 77.5 Å². The van der Waals surface area contributed by atoms with Crippen LogP contribution in [0.1, 0.15) is 21.6 Å². The van der Waals surface area contributed by atoms with Crippen LogP contribution < -0.4 is 15.4 Å². The Morgan fingerprint density at radius 3 is 2.55 bits per heavy atom. The van der Waals surface area contributed by atoms with Gasteiger partial charge in [-0.3, -0.25) is 14.9 Å². The van der Waals surface area contributed by atoms with Crippen LogP contribution in [0.25, 0.3) is 11.3 Å². The fourth-order valence-corrected chi connectivity index (χ4v) is 4.21. The van der Waals surface area contributed by atoms with Crippen molar-refractivity contribution in [3.63, 3.8) is 0 Å². The maximum atomic E-state index is 13.0. The highest BCUT2D eigenvalue weighted by Crippen LogP contribution is 2.33. The van der Waals surface area contributed by atoms with Gasteiger partial charge >= 0.3 is 6.03 Å². The van der Waals surface area contributed by atoms with Gasteiger partial charge in [0.15, 0.2) is 5.54 Å². The van der Waals surface area contributed by atoms with Crippen molar-refractivity contribution in [2.45, 2.75) is 12.1 Å². The highest BCUT2D eigenvalue weighted by molar-refractivity contribution is 6.08. The van der Waals surface area contributed by atoms with E-state index in [0.717, 1.165) is 16.8 Å². The summed E-state index contributed by atoms with van der Waals surface area (Å²) in [6.07, 6.45) is 0. The number of fused-ring (bicyclic) bond motifs is 1. The van der Waals surface area contributed by atoms with Gasteiger partial charge in [0.2, 0.25) is 0 Å². The van der Waals surface area contributed by atoms with Gasteiger partial charge in [-0.25, -0.2) is 4.79 Å². The van der Waals surface area contributed by atoms with Gasteiger partial charge in [-0.2, -0.15) is 0 Å². The molecule has 31 heavy (non-hydrogen) atoms. The molecule has 5 rings (SSSR count). The van der Waals surface area contributed by atoms with Crippen LogP contribution in [0.3, 0.4) is 0 Å². The van der Waals surface area contributed by atoms with Crippen molar-refractivity contribution >= 4 is 17.8 Å². The van der Waals surface area contributed by atoms with Crippen molar-refractivity contribution in [2.24, 2.45) is 0 Å². The number of aromatic amines is 1. The molecule has 3 aromatic rings.